The molecule has 1 unspecified atom stereocenters. The number of hydrogen-bond donors (Lipinski definition) is 2. The summed E-state index contributed by atoms with van der Waals surface area (Å²) in [5.74, 6) is 0.487. The standard InChI is InChI=1S/C26H26Cl3N5O2S/c1-15(2)10-30-23(35)22-14-37-24-19(25(36)34(22)13-17-5-8-20(28)21(29)9-17)12-32-26(33-24)31-11-16-3-6-18(27)7-4-16/h3-9,12,15,22H,10-11,13-14H2,1-2H3,(H,30,35)(H,31,32,33). The number of nitrogens with one attached hydrogen (secondary N) is 2. The van der Waals surface area contributed by atoms with Gasteiger partial charge in [-0.2, -0.15) is 0 Å². The summed E-state index contributed by atoms with van der Waals surface area (Å²) < 4.78 is 0. The van der Waals surface area contributed by atoms with Gasteiger partial charge in [-0.05, 0) is 41.3 Å². The van der Waals surface area contributed by atoms with E-state index in [0.717, 1.165) is 11.1 Å². The van der Waals surface area contributed by atoms with Crippen LogP contribution in [0.4, 0.5) is 5.95 Å². The number of benzene rings is 2. The van der Waals surface area contributed by atoms with Gasteiger partial charge in [0.15, 0.2) is 0 Å². The van der Waals surface area contributed by atoms with Crippen LogP contribution in [0.5, 0.6) is 0 Å². The lowest BCUT2D eigenvalue weighted by molar-refractivity contribution is -0.125. The maximum absolute atomic E-state index is 13.7. The van der Waals surface area contributed by atoms with E-state index in [-0.39, 0.29) is 24.3 Å². The smallest absolute Gasteiger partial charge is 0.259 e. The second kappa shape index (κ2) is 12.3. The molecule has 0 radical (unpaired) electrons. The lowest BCUT2D eigenvalue weighted by atomic mass is 10.1. The number of fused-ring (bicyclic) bond motifs is 1. The van der Waals surface area contributed by atoms with Gasteiger partial charge >= 0.3 is 0 Å². The lowest BCUT2D eigenvalue weighted by Gasteiger charge is -2.29. The SMILES string of the molecule is CC(C)CNC(=O)C1CSc2nc(NCc3ccc(Cl)cc3)ncc2C(=O)N1Cc1ccc(Cl)c(Cl)c1. The van der Waals surface area contributed by atoms with Gasteiger partial charge in [-0.3, -0.25) is 9.59 Å². The second-order valence-corrected chi connectivity index (χ2v) is 11.3. The van der Waals surface area contributed by atoms with Crippen LogP contribution in [-0.4, -0.2) is 45.0 Å². The Bertz CT molecular complexity index is 1290. The van der Waals surface area contributed by atoms with Gasteiger partial charge in [0.05, 0.1) is 15.6 Å². The van der Waals surface area contributed by atoms with E-state index in [2.05, 4.69) is 20.6 Å². The normalized spacial score (nSPS) is 15.4. The van der Waals surface area contributed by atoms with E-state index in [4.69, 9.17) is 34.8 Å². The molecule has 0 spiro atoms. The van der Waals surface area contributed by atoms with Crippen LogP contribution in [0, 0.1) is 5.92 Å². The van der Waals surface area contributed by atoms with E-state index in [9.17, 15) is 9.59 Å². The molecule has 1 aliphatic rings. The van der Waals surface area contributed by atoms with E-state index >= 15 is 0 Å². The van der Waals surface area contributed by atoms with Crippen LogP contribution in [0.15, 0.2) is 53.7 Å². The van der Waals surface area contributed by atoms with Gasteiger partial charge in [-0.1, -0.05) is 66.8 Å². The molecule has 1 aliphatic heterocycles. The molecule has 0 bridgehead atoms. The first kappa shape index (κ1) is 27.5. The van der Waals surface area contributed by atoms with E-state index in [0.29, 0.717) is 50.4 Å². The fraction of sp³-hybridized carbons (Fsp3) is 0.308. The third-order valence-corrected chi connectivity index (χ3v) is 7.75. The number of hydrogen-bond acceptors (Lipinski definition) is 6. The summed E-state index contributed by atoms with van der Waals surface area (Å²) in [7, 11) is 0. The molecule has 4 rings (SSSR count). The Morgan fingerprint density at radius 2 is 1.84 bits per heavy atom. The van der Waals surface area contributed by atoms with E-state index in [1.54, 1.807) is 23.1 Å². The highest BCUT2D eigenvalue weighted by molar-refractivity contribution is 7.99. The van der Waals surface area contributed by atoms with Crippen LogP contribution < -0.4 is 10.6 Å². The Morgan fingerprint density at radius 3 is 2.54 bits per heavy atom. The van der Waals surface area contributed by atoms with E-state index in [1.165, 1.54) is 18.0 Å². The molecule has 7 nitrogen and oxygen atoms in total. The monoisotopic (exact) mass is 577 g/mol. The summed E-state index contributed by atoms with van der Waals surface area (Å²) in [6, 6.07) is 11.9. The van der Waals surface area contributed by atoms with Gasteiger partial charge in [0.25, 0.3) is 5.91 Å². The topological polar surface area (TPSA) is 87.2 Å². The molecule has 0 fully saturated rings. The first-order valence-electron chi connectivity index (χ1n) is 11.7. The number of rotatable bonds is 8. The molecule has 1 atom stereocenters. The Hall–Kier alpha value is -2.52. The van der Waals surface area contributed by atoms with Crippen LogP contribution in [0.3, 0.4) is 0 Å². The number of nitrogens with zero attached hydrogens (tertiary/aromatic N) is 3. The summed E-state index contributed by atoms with van der Waals surface area (Å²) in [6.45, 7) is 5.24. The second-order valence-electron chi connectivity index (χ2n) is 9.04. The number of thioether (sulfide) groups is 1. The summed E-state index contributed by atoms with van der Waals surface area (Å²) in [6.07, 6.45) is 1.51. The molecule has 11 heteroatoms. The van der Waals surface area contributed by atoms with Gasteiger partial charge in [0, 0.05) is 36.6 Å². The molecule has 2 heterocycles. The average Bonchev–Trinajstić information content (AvgIpc) is 3.01. The highest BCUT2D eigenvalue weighted by Gasteiger charge is 2.36. The zero-order valence-electron chi connectivity index (χ0n) is 20.3. The molecule has 2 N–H and O–H groups in total. The van der Waals surface area contributed by atoms with E-state index < -0.39 is 6.04 Å². The quantitative estimate of drug-likeness (QED) is 0.322. The summed E-state index contributed by atoms with van der Waals surface area (Å²) in [4.78, 5) is 37.4. The minimum Gasteiger partial charge on any atom is -0.354 e. The summed E-state index contributed by atoms with van der Waals surface area (Å²) in [5.41, 5.74) is 2.13. The maximum Gasteiger partial charge on any atom is 0.259 e. The Labute approximate surface area is 235 Å². The minimum atomic E-state index is -0.703. The molecular formula is C26H26Cl3N5O2S. The van der Waals surface area contributed by atoms with Gasteiger partial charge < -0.3 is 15.5 Å². The van der Waals surface area contributed by atoms with Crippen molar-refractivity contribution in [2.45, 2.75) is 38.0 Å². The first-order valence-corrected chi connectivity index (χ1v) is 13.8. The van der Waals surface area contributed by atoms with Gasteiger partial charge in [0.1, 0.15) is 11.1 Å². The first-order chi connectivity index (χ1) is 17.7. The molecule has 37 heavy (non-hydrogen) atoms. The van der Waals surface area contributed by atoms with Crippen LogP contribution >= 0.6 is 46.6 Å². The Morgan fingerprint density at radius 1 is 1.11 bits per heavy atom. The number of halogens is 3. The van der Waals surface area contributed by atoms with Crippen molar-refractivity contribution < 1.29 is 9.59 Å². The van der Waals surface area contributed by atoms with Gasteiger partial charge in [-0.15, -0.1) is 11.8 Å². The lowest BCUT2D eigenvalue weighted by Crippen LogP contribution is -2.50. The third kappa shape index (κ3) is 7.08. The van der Waals surface area contributed by atoms with Crippen molar-refractivity contribution in [2.24, 2.45) is 5.92 Å². The number of aromatic nitrogens is 2. The zero-order valence-corrected chi connectivity index (χ0v) is 23.4. The molecule has 3 aromatic rings. The van der Waals surface area contributed by atoms with Crippen LogP contribution in [-0.2, 0) is 17.9 Å². The predicted molar refractivity (Wildman–Crippen MR) is 150 cm³/mol. The highest BCUT2D eigenvalue weighted by Crippen LogP contribution is 2.31. The summed E-state index contributed by atoms with van der Waals surface area (Å²) >= 11 is 19.6. The van der Waals surface area contributed by atoms with Crippen LogP contribution in [0.1, 0.15) is 35.3 Å². The molecule has 0 saturated carbocycles. The molecule has 2 amide bonds. The van der Waals surface area contributed by atoms with Crippen molar-refractivity contribution in [2.75, 3.05) is 17.6 Å². The third-order valence-electron chi connectivity index (χ3n) is 5.69. The number of carbonyl (C=O) groups is 2. The van der Waals surface area contributed by atoms with Crippen molar-refractivity contribution in [3.05, 3.63) is 80.4 Å². The van der Waals surface area contributed by atoms with Crippen molar-refractivity contribution in [3.8, 4) is 0 Å². The predicted octanol–water partition coefficient (Wildman–Crippen LogP) is 5.94. The van der Waals surface area contributed by atoms with Crippen LogP contribution in [0.25, 0.3) is 0 Å². The van der Waals surface area contributed by atoms with Crippen LogP contribution in [0.2, 0.25) is 15.1 Å². The highest BCUT2D eigenvalue weighted by atomic mass is 35.5. The molecule has 2 aromatic carbocycles. The number of amides is 2. The Kier molecular flexibility index (Phi) is 9.18. The summed E-state index contributed by atoms with van der Waals surface area (Å²) in [5, 5.41) is 8.15. The van der Waals surface area contributed by atoms with Crippen molar-refractivity contribution in [3.63, 3.8) is 0 Å². The molecule has 1 aromatic heterocycles. The van der Waals surface area contributed by atoms with Crippen molar-refractivity contribution in [1.82, 2.24) is 20.2 Å². The molecule has 0 aliphatic carbocycles. The zero-order chi connectivity index (χ0) is 26.5. The molecule has 0 saturated heterocycles. The fourth-order valence-electron chi connectivity index (χ4n) is 3.69. The Balaban J connectivity index is 1.59. The van der Waals surface area contributed by atoms with E-state index in [1.807, 2.05) is 38.1 Å². The fourth-order valence-corrected chi connectivity index (χ4v) is 5.23. The van der Waals surface area contributed by atoms with Gasteiger partial charge in [-0.25, -0.2) is 9.97 Å². The van der Waals surface area contributed by atoms with Crippen molar-refractivity contribution in [1.29, 1.82) is 0 Å². The largest absolute Gasteiger partial charge is 0.354 e. The van der Waals surface area contributed by atoms with Gasteiger partial charge in [0.2, 0.25) is 11.9 Å². The molecule has 194 valence electrons. The number of carbonyl (C=O) groups excluding carboxylic acids is 2. The minimum absolute atomic E-state index is 0.187. The maximum atomic E-state index is 13.7. The molecular weight excluding hydrogens is 553 g/mol. The average molecular weight is 579 g/mol. The number of anilines is 1. The van der Waals surface area contributed by atoms with Crippen molar-refractivity contribution >= 4 is 64.3 Å².